The summed E-state index contributed by atoms with van der Waals surface area (Å²) in [5, 5.41) is 14.3. The summed E-state index contributed by atoms with van der Waals surface area (Å²) >= 11 is 0. The Morgan fingerprint density at radius 2 is 1.76 bits per heavy atom. The summed E-state index contributed by atoms with van der Waals surface area (Å²) in [6.07, 6.45) is -3.09. The van der Waals surface area contributed by atoms with Gasteiger partial charge in [-0.15, -0.1) is 0 Å². The van der Waals surface area contributed by atoms with Crippen molar-refractivity contribution in [3.63, 3.8) is 0 Å². The lowest BCUT2D eigenvalue weighted by molar-refractivity contribution is -0.137. The van der Waals surface area contributed by atoms with Gasteiger partial charge in [0, 0.05) is 6.04 Å². The smallest absolute Gasteiger partial charge is 0.416 e. The molecule has 0 radical (unpaired) electrons. The summed E-state index contributed by atoms with van der Waals surface area (Å²) in [6.45, 7) is 2.62. The molecule has 0 aliphatic carbocycles. The maximum Gasteiger partial charge on any atom is 0.416 e. The van der Waals surface area contributed by atoms with Crippen LogP contribution in [0, 0.1) is 0 Å². The number of aromatic carboxylic acids is 1. The third-order valence-corrected chi connectivity index (χ3v) is 5.00. The highest BCUT2D eigenvalue weighted by Gasteiger charge is 2.30. The van der Waals surface area contributed by atoms with Crippen molar-refractivity contribution in [2.24, 2.45) is 0 Å². The van der Waals surface area contributed by atoms with E-state index in [1.807, 2.05) is 31.2 Å². The Labute approximate surface area is 167 Å². The first kappa shape index (κ1) is 20.9. The number of carboxylic acid groups (broad SMARTS) is 1. The number of carboxylic acids is 1. The van der Waals surface area contributed by atoms with Gasteiger partial charge in [-0.1, -0.05) is 48.5 Å². The molecule has 0 saturated carbocycles. The molecule has 152 valence electrons. The maximum atomic E-state index is 12.8. The third kappa shape index (κ3) is 4.95. The Kier molecular flexibility index (Phi) is 6.23. The number of hydrogen-bond acceptors (Lipinski definition) is 2. The first-order chi connectivity index (χ1) is 13.8. The van der Waals surface area contributed by atoms with Crippen molar-refractivity contribution >= 4 is 16.7 Å². The van der Waals surface area contributed by atoms with Gasteiger partial charge in [-0.2, -0.15) is 13.2 Å². The maximum absolute atomic E-state index is 12.8. The molecular weight excluding hydrogens is 379 g/mol. The normalized spacial score (nSPS) is 12.8. The lowest BCUT2D eigenvalue weighted by atomic mass is 9.96. The second kappa shape index (κ2) is 8.66. The fraction of sp³-hybridized carbons (Fsp3) is 0.261. The predicted molar refractivity (Wildman–Crippen MR) is 107 cm³/mol. The number of aryl methyl sites for hydroxylation is 1. The quantitative estimate of drug-likeness (QED) is 0.489. The summed E-state index contributed by atoms with van der Waals surface area (Å²) in [7, 11) is 0. The molecule has 3 aromatic rings. The third-order valence-electron chi connectivity index (χ3n) is 5.00. The average Bonchev–Trinajstić information content (AvgIpc) is 2.69. The Morgan fingerprint density at radius 3 is 2.45 bits per heavy atom. The van der Waals surface area contributed by atoms with Crippen molar-refractivity contribution in [1.82, 2.24) is 5.32 Å². The van der Waals surface area contributed by atoms with Gasteiger partial charge in [0.25, 0.3) is 0 Å². The van der Waals surface area contributed by atoms with Crippen LogP contribution in [-0.2, 0) is 12.6 Å². The van der Waals surface area contributed by atoms with E-state index < -0.39 is 17.7 Å². The van der Waals surface area contributed by atoms with E-state index in [1.54, 1.807) is 18.2 Å². The van der Waals surface area contributed by atoms with E-state index in [9.17, 15) is 23.1 Å². The van der Waals surface area contributed by atoms with Crippen molar-refractivity contribution in [2.45, 2.75) is 32.0 Å². The molecule has 1 atom stereocenters. The van der Waals surface area contributed by atoms with Crippen LogP contribution in [0.2, 0.25) is 0 Å². The van der Waals surface area contributed by atoms with Crippen LogP contribution in [0.4, 0.5) is 13.2 Å². The minimum Gasteiger partial charge on any atom is -0.478 e. The van der Waals surface area contributed by atoms with Crippen molar-refractivity contribution in [2.75, 3.05) is 6.54 Å². The molecule has 2 N–H and O–H groups in total. The van der Waals surface area contributed by atoms with Gasteiger partial charge in [0.05, 0.1) is 11.1 Å². The monoisotopic (exact) mass is 401 g/mol. The van der Waals surface area contributed by atoms with Crippen LogP contribution >= 0.6 is 0 Å². The number of fused-ring (bicyclic) bond motifs is 1. The highest BCUT2D eigenvalue weighted by molar-refractivity contribution is 6.04. The zero-order valence-electron chi connectivity index (χ0n) is 16.0. The van der Waals surface area contributed by atoms with E-state index in [0.29, 0.717) is 30.3 Å². The highest BCUT2D eigenvalue weighted by atomic mass is 19.4. The molecule has 6 heteroatoms. The van der Waals surface area contributed by atoms with Crippen molar-refractivity contribution in [1.29, 1.82) is 0 Å². The first-order valence-corrected chi connectivity index (χ1v) is 9.42. The van der Waals surface area contributed by atoms with Crippen LogP contribution in [0.3, 0.4) is 0 Å². The van der Waals surface area contributed by atoms with Gasteiger partial charge in [-0.3, -0.25) is 0 Å². The topological polar surface area (TPSA) is 49.3 Å². The van der Waals surface area contributed by atoms with Gasteiger partial charge in [-0.05, 0) is 60.3 Å². The molecule has 0 aliphatic rings. The van der Waals surface area contributed by atoms with Gasteiger partial charge in [0.2, 0.25) is 0 Å². The van der Waals surface area contributed by atoms with E-state index in [4.69, 9.17) is 0 Å². The molecule has 0 saturated heterocycles. The molecule has 3 aromatic carbocycles. The predicted octanol–water partition coefficient (Wildman–Crippen LogP) is 5.84. The molecule has 0 amide bonds. The van der Waals surface area contributed by atoms with Gasteiger partial charge < -0.3 is 10.4 Å². The van der Waals surface area contributed by atoms with E-state index in [1.165, 1.54) is 12.1 Å². The standard InChI is InChI=1S/C23H22F3NO2/c1-15(18-11-12-21(22(28)29)20-10-3-2-9-19(18)20)27-13-5-7-16-6-4-8-17(14-16)23(24,25)26/h2-4,6,8-12,14-15,27H,5,7,13H2,1H3,(H,28,29)/t15-/m1/s1. The second-order valence-electron chi connectivity index (χ2n) is 7.03. The number of carbonyl (C=O) groups is 1. The summed E-state index contributed by atoms with van der Waals surface area (Å²) in [5.41, 5.74) is 1.29. The number of benzene rings is 3. The molecule has 0 heterocycles. The van der Waals surface area contributed by atoms with E-state index in [2.05, 4.69) is 5.32 Å². The molecule has 29 heavy (non-hydrogen) atoms. The first-order valence-electron chi connectivity index (χ1n) is 9.42. The van der Waals surface area contributed by atoms with E-state index in [0.717, 1.165) is 17.0 Å². The van der Waals surface area contributed by atoms with E-state index in [-0.39, 0.29) is 11.6 Å². The van der Waals surface area contributed by atoms with Gasteiger partial charge >= 0.3 is 12.1 Å². The number of hydrogen-bond donors (Lipinski definition) is 2. The number of nitrogens with one attached hydrogen (secondary N) is 1. The highest BCUT2D eigenvalue weighted by Crippen LogP contribution is 2.30. The Balaban J connectivity index is 1.64. The zero-order chi connectivity index (χ0) is 21.0. The second-order valence-corrected chi connectivity index (χ2v) is 7.03. The van der Waals surface area contributed by atoms with Crippen LogP contribution in [0.1, 0.15) is 46.4 Å². The molecule has 0 fully saturated rings. The van der Waals surface area contributed by atoms with Crippen LogP contribution in [-0.4, -0.2) is 17.6 Å². The summed E-state index contributed by atoms with van der Waals surface area (Å²) in [4.78, 5) is 11.4. The lowest BCUT2D eigenvalue weighted by Gasteiger charge is -2.18. The average molecular weight is 401 g/mol. The molecule has 0 spiro atoms. The lowest BCUT2D eigenvalue weighted by Crippen LogP contribution is -2.20. The molecule has 3 rings (SSSR count). The van der Waals surface area contributed by atoms with Crippen molar-refractivity contribution in [3.8, 4) is 0 Å². The molecule has 3 nitrogen and oxygen atoms in total. The summed E-state index contributed by atoms with van der Waals surface area (Å²) < 4.78 is 38.4. The summed E-state index contributed by atoms with van der Waals surface area (Å²) in [5.74, 6) is -0.963. The largest absolute Gasteiger partial charge is 0.478 e. The number of halogens is 3. The zero-order valence-corrected chi connectivity index (χ0v) is 16.0. The SMILES string of the molecule is C[C@@H](NCCCc1cccc(C(F)(F)F)c1)c1ccc(C(=O)O)c2ccccc12. The molecule has 0 unspecified atom stereocenters. The van der Waals surface area contributed by atoms with E-state index >= 15 is 0 Å². The fourth-order valence-electron chi connectivity index (χ4n) is 3.51. The van der Waals surface area contributed by atoms with Crippen LogP contribution in [0.25, 0.3) is 10.8 Å². The fourth-order valence-corrected chi connectivity index (χ4v) is 3.51. The Bertz CT molecular complexity index is 1010. The Morgan fingerprint density at radius 1 is 1.03 bits per heavy atom. The molecule has 0 aliphatic heterocycles. The minimum atomic E-state index is -4.33. The van der Waals surface area contributed by atoms with Crippen LogP contribution < -0.4 is 5.32 Å². The summed E-state index contributed by atoms with van der Waals surface area (Å²) in [6, 6.07) is 16.2. The number of rotatable bonds is 7. The van der Waals surface area contributed by atoms with Gasteiger partial charge in [-0.25, -0.2) is 4.79 Å². The molecule has 0 aromatic heterocycles. The van der Waals surface area contributed by atoms with Crippen molar-refractivity contribution < 1.29 is 23.1 Å². The number of alkyl halides is 3. The molecular formula is C23H22F3NO2. The Hall–Kier alpha value is -2.86. The van der Waals surface area contributed by atoms with Gasteiger partial charge in [0.1, 0.15) is 0 Å². The van der Waals surface area contributed by atoms with Gasteiger partial charge in [0.15, 0.2) is 0 Å². The molecule has 0 bridgehead atoms. The van der Waals surface area contributed by atoms with Crippen LogP contribution in [0.15, 0.2) is 60.7 Å². The minimum absolute atomic E-state index is 0.0238. The van der Waals surface area contributed by atoms with Crippen LogP contribution in [0.5, 0.6) is 0 Å². The van der Waals surface area contributed by atoms with Crippen molar-refractivity contribution in [3.05, 3.63) is 82.9 Å².